The van der Waals surface area contributed by atoms with Gasteiger partial charge in [-0.05, 0) is 48.4 Å². The summed E-state index contributed by atoms with van der Waals surface area (Å²) in [6, 6.07) is 14.7. The zero-order valence-corrected chi connectivity index (χ0v) is 15.9. The molecule has 0 fully saturated rings. The first kappa shape index (κ1) is 18.6. The van der Waals surface area contributed by atoms with Gasteiger partial charge < -0.3 is 14.6 Å². The van der Waals surface area contributed by atoms with Gasteiger partial charge in [-0.2, -0.15) is 0 Å². The average molecular weight is 388 g/mol. The van der Waals surface area contributed by atoms with Gasteiger partial charge in [0.15, 0.2) is 11.5 Å². The molecule has 1 amide bonds. The Kier molecular flexibility index (Phi) is 5.47. The Hall–Kier alpha value is -3.74. The Morgan fingerprint density at radius 2 is 2.00 bits per heavy atom. The van der Waals surface area contributed by atoms with Crippen LogP contribution in [0, 0.1) is 0 Å². The molecule has 29 heavy (non-hydrogen) atoms. The van der Waals surface area contributed by atoms with Crippen molar-refractivity contribution < 1.29 is 14.1 Å². The van der Waals surface area contributed by atoms with E-state index in [1.165, 1.54) is 0 Å². The monoisotopic (exact) mass is 388 g/mol. The van der Waals surface area contributed by atoms with Crippen molar-refractivity contribution in [3.63, 3.8) is 0 Å². The van der Waals surface area contributed by atoms with Gasteiger partial charge in [0, 0.05) is 30.0 Å². The highest BCUT2D eigenvalue weighted by Crippen LogP contribution is 2.20. The molecule has 0 spiro atoms. The van der Waals surface area contributed by atoms with Crippen LogP contribution in [0.3, 0.4) is 0 Å². The van der Waals surface area contributed by atoms with E-state index in [1.54, 1.807) is 24.7 Å². The van der Waals surface area contributed by atoms with Crippen molar-refractivity contribution in [3.8, 4) is 5.75 Å². The lowest BCUT2D eigenvalue weighted by Crippen LogP contribution is -2.28. The number of pyridine rings is 2. The van der Waals surface area contributed by atoms with Crippen LogP contribution in [0.2, 0.25) is 0 Å². The second-order valence-corrected chi connectivity index (χ2v) is 6.54. The lowest BCUT2D eigenvalue weighted by Gasteiger charge is -2.16. The van der Waals surface area contributed by atoms with E-state index < -0.39 is 0 Å². The number of ether oxygens (including phenoxy) is 1. The maximum Gasteiger partial charge on any atom is 0.273 e. The summed E-state index contributed by atoms with van der Waals surface area (Å²) in [5, 5.41) is 7.83. The van der Waals surface area contributed by atoms with Gasteiger partial charge in [0.2, 0.25) is 0 Å². The summed E-state index contributed by atoms with van der Waals surface area (Å²) >= 11 is 0. The molecule has 1 unspecified atom stereocenters. The second-order valence-electron chi connectivity index (χ2n) is 6.54. The molecule has 7 heteroatoms. The predicted molar refractivity (Wildman–Crippen MR) is 107 cm³/mol. The van der Waals surface area contributed by atoms with Gasteiger partial charge in [0.05, 0.1) is 11.6 Å². The average Bonchev–Trinajstić information content (AvgIpc) is 3.25. The second kappa shape index (κ2) is 8.52. The first-order chi connectivity index (χ1) is 14.2. The molecule has 0 aliphatic carbocycles. The molecule has 7 nitrogen and oxygen atoms in total. The number of carbonyl (C=O) groups excluding carboxylic acids is 1. The molecule has 4 rings (SSSR count). The fourth-order valence-electron chi connectivity index (χ4n) is 3.04. The predicted octanol–water partition coefficient (Wildman–Crippen LogP) is 4.08. The summed E-state index contributed by atoms with van der Waals surface area (Å²) in [6.07, 6.45) is 5.92. The molecule has 0 radical (unpaired) electrons. The summed E-state index contributed by atoms with van der Waals surface area (Å²) < 4.78 is 11.0. The Labute approximate surface area is 167 Å². The lowest BCUT2D eigenvalue weighted by atomic mass is 10.1. The van der Waals surface area contributed by atoms with Crippen molar-refractivity contribution in [2.24, 2.45) is 0 Å². The Morgan fingerprint density at radius 3 is 2.83 bits per heavy atom. The van der Waals surface area contributed by atoms with E-state index in [2.05, 4.69) is 20.4 Å². The van der Waals surface area contributed by atoms with E-state index in [0.29, 0.717) is 11.5 Å². The van der Waals surface area contributed by atoms with Crippen molar-refractivity contribution in [1.82, 2.24) is 20.4 Å². The number of amides is 1. The number of hydrogen-bond acceptors (Lipinski definition) is 6. The van der Waals surface area contributed by atoms with Crippen LogP contribution in [-0.4, -0.2) is 21.0 Å². The molecular weight excluding hydrogens is 368 g/mol. The third kappa shape index (κ3) is 4.40. The molecule has 146 valence electrons. The van der Waals surface area contributed by atoms with Gasteiger partial charge >= 0.3 is 0 Å². The van der Waals surface area contributed by atoms with Crippen LogP contribution in [0.25, 0.3) is 10.9 Å². The number of aromatic nitrogens is 3. The van der Waals surface area contributed by atoms with Crippen LogP contribution < -0.4 is 10.1 Å². The third-order valence-corrected chi connectivity index (χ3v) is 4.57. The first-order valence-corrected chi connectivity index (χ1v) is 9.37. The molecule has 0 saturated carbocycles. The van der Waals surface area contributed by atoms with E-state index >= 15 is 0 Å². The molecule has 0 saturated heterocycles. The number of nitrogens with one attached hydrogen (secondary N) is 1. The number of rotatable bonds is 7. The summed E-state index contributed by atoms with van der Waals surface area (Å²) in [7, 11) is 0. The molecule has 1 atom stereocenters. The number of benzene rings is 1. The smallest absolute Gasteiger partial charge is 0.273 e. The zero-order valence-electron chi connectivity index (χ0n) is 15.9. The number of carbonyl (C=O) groups is 1. The summed E-state index contributed by atoms with van der Waals surface area (Å²) in [6.45, 7) is 2.18. The number of nitrogens with zero attached hydrogens (tertiary/aromatic N) is 3. The molecule has 3 heterocycles. The highest BCUT2D eigenvalue weighted by atomic mass is 16.5. The van der Waals surface area contributed by atoms with E-state index in [1.807, 2.05) is 49.4 Å². The zero-order chi connectivity index (χ0) is 20.1. The summed E-state index contributed by atoms with van der Waals surface area (Å²) in [5.74, 6) is 0.871. The van der Waals surface area contributed by atoms with Crippen LogP contribution in [0.4, 0.5) is 0 Å². The Bertz CT molecular complexity index is 1110. The van der Waals surface area contributed by atoms with Crippen LogP contribution >= 0.6 is 0 Å². The summed E-state index contributed by atoms with van der Waals surface area (Å²) in [5.41, 5.74) is 2.12. The van der Waals surface area contributed by atoms with E-state index in [9.17, 15) is 4.79 Å². The molecule has 1 aromatic carbocycles. The minimum Gasteiger partial charge on any atom is -0.486 e. The van der Waals surface area contributed by atoms with Crippen molar-refractivity contribution in [2.45, 2.75) is 26.0 Å². The van der Waals surface area contributed by atoms with E-state index in [4.69, 9.17) is 9.26 Å². The van der Waals surface area contributed by atoms with Crippen LogP contribution in [0.1, 0.15) is 41.2 Å². The molecule has 3 aromatic heterocycles. The van der Waals surface area contributed by atoms with Crippen molar-refractivity contribution >= 4 is 16.8 Å². The first-order valence-electron chi connectivity index (χ1n) is 9.37. The maximum absolute atomic E-state index is 12.5. The topological polar surface area (TPSA) is 90.1 Å². The number of hydrogen-bond donors (Lipinski definition) is 1. The number of fused-ring (bicyclic) bond motifs is 1. The van der Waals surface area contributed by atoms with Crippen molar-refractivity contribution in [3.05, 3.63) is 84.1 Å². The molecule has 4 aromatic rings. The largest absolute Gasteiger partial charge is 0.486 e. The standard InChI is InChI=1S/C22H20N4O3/c1-2-19(15-7-10-23-11-8-15)25-22(27)21-13-18(29-26-21)14-28-17-5-6-20-16(12-17)4-3-9-24-20/h3-13,19H,2,14H2,1H3,(H,25,27). The Balaban J connectivity index is 1.39. The highest BCUT2D eigenvalue weighted by Gasteiger charge is 2.18. The summed E-state index contributed by atoms with van der Waals surface area (Å²) in [4.78, 5) is 20.8. The van der Waals surface area contributed by atoms with E-state index in [-0.39, 0.29) is 24.2 Å². The lowest BCUT2D eigenvalue weighted by molar-refractivity contribution is 0.0926. The van der Waals surface area contributed by atoms with Gasteiger partial charge in [-0.25, -0.2) is 0 Å². The van der Waals surface area contributed by atoms with Crippen LogP contribution in [0.15, 0.2) is 71.6 Å². The van der Waals surface area contributed by atoms with E-state index in [0.717, 1.165) is 22.9 Å². The van der Waals surface area contributed by atoms with Crippen LogP contribution in [-0.2, 0) is 6.61 Å². The normalized spacial score (nSPS) is 11.9. The van der Waals surface area contributed by atoms with Crippen molar-refractivity contribution in [2.75, 3.05) is 0 Å². The van der Waals surface area contributed by atoms with Gasteiger partial charge in [-0.3, -0.25) is 14.8 Å². The SMILES string of the molecule is CCC(NC(=O)c1cc(COc2ccc3ncccc3c2)on1)c1ccncc1. The van der Waals surface area contributed by atoms with Gasteiger partial charge in [0.25, 0.3) is 5.91 Å². The fourth-order valence-corrected chi connectivity index (χ4v) is 3.04. The van der Waals surface area contributed by atoms with Crippen LogP contribution in [0.5, 0.6) is 5.75 Å². The Morgan fingerprint density at radius 1 is 1.14 bits per heavy atom. The molecule has 1 N–H and O–H groups in total. The molecule has 0 aliphatic rings. The quantitative estimate of drug-likeness (QED) is 0.513. The molecule has 0 aliphatic heterocycles. The third-order valence-electron chi connectivity index (χ3n) is 4.57. The van der Waals surface area contributed by atoms with Gasteiger partial charge in [-0.15, -0.1) is 0 Å². The minimum absolute atomic E-state index is 0.117. The molecular formula is C22H20N4O3. The van der Waals surface area contributed by atoms with Gasteiger partial charge in [-0.1, -0.05) is 18.1 Å². The van der Waals surface area contributed by atoms with Gasteiger partial charge in [0.1, 0.15) is 12.4 Å². The molecule has 0 bridgehead atoms. The highest BCUT2D eigenvalue weighted by molar-refractivity contribution is 5.92. The maximum atomic E-state index is 12.5. The van der Waals surface area contributed by atoms with Crippen molar-refractivity contribution in [1.29, 1.82) is 0 Å². The fraction of sp³-hybridized carbons (Fsp3) is 0.182. The minimum atomic E-state index is -0.291.